The topological polar surface area (TPSA) is 17.8 Å². The van der Waals surface area contributed by atoms with Crippen molar-refractivity contribution in [2.45, 2.75) is 32.2 Å². The Morgan fingerprint density at radius 1 is 1.39 bits per heavy atom. The van der Waals surface area contributed by atoms with Crippen molar-refractivity contribution in [3.05, 3.63) is 29.6 Å². The van der Waals surface area contributed by atoms with E-state index in [0.29, 0.717) is 6.04 Å². The van der Waals surface area contributed by atoms with Gasteiger partial charge in [0, 0.05) is 11.8 Å². The van der Waals surface area contributed by atoms with E-state index in [0.717, 1.165) is 17.1 Å². The summed E-state index contributed by atoms with van der Waals surface area (Å²) >= 11 is 8.14. The molecule has 0 spiro atoms. The van der Waals surface area contributed by atoms with E-state index in [1.807, 2.05) is 18.7 Å². The van der Waals surface area contributed by atoms with Gasteiger partial charge in [-0.05, 0) is 38.7 Å². The summed E-state index contributed by atoms with van der Waals surface area (Å²) in [5.74, 6) is 2.04. The Labute approximate surface area is 118 Å². The molecule has 2 unspecified atom stereocenters. The molecule has 1 aromatic heterocycles. The average molecular weight is 283 g/mol. The van der Waals surface area contributed by atoms with Crippen LogP contribution in [-0.4, -0.2) is 21.6 Å². The summed E-state index contributed by atoms with van der Waals surface area (Å²) in [5, 5.41) is -0.0684. The first-order valence-electron chi connectivity index (χ1n) is 6.16. The van der Waals surface area contributed by atoms with Crippen molar-refractivity contribution in [1.29, 1.82) is 0 Å². The second-order valence-corrected chi connectivity index (χ2v) is 6.27. The highest BCUT2D eigenvalue weighted by molar-refractivity contribution is 7.98. The number of hydrogen-bond donors (Lipinski definition) is 0. The number of halogens is 1. The van der Waals surface area contributed by atoms with Gasteiger partial charge in [-0.15, -0.1) is 11.6 Å². The Kier molecular flexibility index (Phi) is 4.23. The zero-order chi connectivity index (χ0) is 13.3. The van der Waals surface area contributed by atoms with Gasteiger partial charge in [0.25, 0.3) is 0 Å². The average Bonchev–Trinajstić information content (AvgIpc) is 2.70. The molecule has 4 heteroatoms. The summed E-state index contributed by atoms with van der Waals surface area (Å²) < 4.78 is 2.29. The molecule has 0 N–H and O–H groups in total. The first-order chi connectivity index (χ1) is 8.56. The molecule has 1 heterocycles. The lowest BCUT2D eigenvalue weighted by Crippen LogP contribution is -2.11. The van der Waals surface area contributed by atoms with Crippen LogP contribution in [0.3, 0.4) is 0 Å². The SMILES string of the molecule is CSCC(C)n1c(C(C)Cl)nc2c(C)cccc21. The molecule has 0 amide bonds. The fraction of sp³-hybridized carbons (Fsp3) is 0.500. The third-order valence-electron chi connectivity index (χ3n) is 3.15. The Morgan fingerprint density at radius 2 is 2.11 bits per heavy atom. The largest absolute Gasteiger partial charge is 0.323 e. The molecule has 0 fully saturated rings. The van der Waals surface area contributed by atoms with Crippen LogP contribution in [0.5, 0.6) is 0 Å². The van der Waals surface area contributed by atoms with Crippen LogP contribution in [0, 0.1) is 6.92 Å². The van der Waals surface area contributed by atoms with Gasteiger partial charge in [0.15, 0.2) is 0 Å². The molecule has 2 atom stereocenters. The minimum Gasteiger partial charge on any atom is -0.323 e. The van der Waals surface area contributed by atoms with E-state index in [1.165, 1.54) is 11.1 Å². The molecule has 0 aliphatic carbocycles. The maximum Gasteiger partial charge on any atom is 0.128 e. The van der Waals surface area contributed by atoms with E-state index in [4.69, 9.17) is 16.6 Å². The van der Waals surface area contributed by atoms with Gasteiger partial charge < -0.3 is 4.57 Å². The smallest absolute Gasteiger partial charge is 0.128 e. The molecule has 0 bridgehead atoms. The number of alkyl halides is 1. The van der Waals surface area contributed by atoms with Gasteiger partial charge in [0.1, 0.15) is 5.82 Å². The second kappa shape index (κ2) is 5.54. The molecule has 2 nitrogen and oxygen atoms in total. The van der Waals surface area contributed by atoms with Crippen molar-refractivity contribution < 1.29 is 0 Å². The molecule has 0 radical (unpaired) electrons. The number of imidazole rings is 1. The molecular weight excluding hydrogens is 264 g/mol. The number of fused-ring (bicyclic) bond motifs is 1. The maximum absolute atomic E-state index is 6.29. The molecule has 0 aliphatic heterocycles. The molecule has 1 aromatic carbocycles. The summed E-state index contributed by atoms with van der Waals surface area (Å²) in [7, 11) is 0. The second-order valence-electron chi connectivity index (χ2n) is 4.70. The molecule has 0 aliphatic rings. The molecule has 18 heavy (non-hydrogen) atoms. The lowest BCUT2D eigenvalue weighted by atomic mass is 10.2. The molecule has 2 aromatic rings. The minimum atomic E-state index is -0.0684. The summed E-state index contributed by atoms with van der Waals surface area (Å²) in [4.78, 5) is 4.74. The van der Waals surface area contributed by atoms with E-state index in [1.54, 1.807) is 0 Å². The van der Waals surface area contributed by atoms with Gasteiger partial charge in [-0.2, -0.15) is 11.8 Å². The fourth-order valence-corrected chi connectivity index (χ4v) is 3.12. The quantitative estimate of drug-likeness (QED) is 0.765. The van der Waals surface area contributed by atoms with Gasteiger partial charge in [-0.3, -0.25) is 0 Å². The number of nitrogens with zero attached hydrogens (tertiary/aromatic N) is 2. The predicted octanol–water partition coefficient (Wildman–Crippen LogP) is 4.57. The zero-order valence-corrected chi connectivity index (χ0v) is 12.8. The van der Waals surface area contributed by atoms with Gasteiger partial charge >= 0.3 is 0 Å². The van der Waals surface area contributed by atoms with Crippen molar-refractivity contribution in [3.63, 3.8) is 0 Å². The summed E-state index contributed by atoms with van der Waals surface area (Å²) in [6.07, 6.45) is 2.13. The van der Waals surface area contributed by atoms with Crippen LogP contribution in [0.25, 0.3) is 11.0 Å². The first kappa shape index (κ1) is 13.8. The lowest BCUT2D eigenvalue weighted by Gasteiger charge is -2.17. The summed E-state index contributed by atoms with van der Waals surface area (Å²) in [6, 6.07) is 6.73. The molecular formula is C14H19ClN2S. The third kappa shape index (κ3) is 2.39. The minimum absolute atomic E-state index is 0.0684. The first-order valence-corrected chi connectivity index (χ1v) is 7.99. The van der Waals surface area contributed by atoms with Crippen LogP contribution in [0.2, 0.25) is 0 Å². The molecule has 0 saturated heterocycles. The molecule has 0 saturated carbocycles. The van der Waals surface area contributed by atoms with Crippen LogP contribution in [0.4, 0.5) is 0 Å². The van der Waals surface area contributed by atoms with E-state index in [9.17, 15) is 0 Å². The van der Waals surface area contributed by atoms with Crippen LogP contribution >= 0.6 is 23.4 Å². The van der Waals surface area contributed by atoms with Crippen molar-refractivity contribution in [3.8, 4) is 0 Å². The third-order valence-corrected chi connectivity index (χ3v) is 4.16. The predicted molar refractivity (Wildman–Crippen MR) is 81.8 cm³/mol. The van der Waals surface area contributed by atoms with Crippen molar-refractivity contribution >= 4 is 34.4 Å². The Balaban J connectivity index is 2.66. The number of para-hydroxylation sites is 1. The number of benzene rings is 1. The molecule has 2 rings (SSSR count). The van der Waals surface area contributed by atoms with Crippen LogP contribution in [0.15, 0.2) is 18.2 Å². The Hall–Kier alpha value is -0.670. The van der Waals surface area contributed by atoms with Crippen molar-refractivity contribution in [2.75, 3.05) is 12.0 Å². The Bertz CT molecular complexity index is 548. The van der Waals surface area contributed by atoms with E-state index >= 15 is 0 Å². The van der Waals surface area contributed by atoms with Crippen molar-refractivity contribution in [1.82, 2.24) is 9.55 Å². The Morgan fingerprint density at radius 3 is 2.72 bits per heavy atom. The number of aromatic nitrogens is 2. The van der Waals surface area contributed by atoms with E-state index < -0.39 is 0 Å². The van der Waals surface area contributed by atoms with Crippen LogP contribution < -0.4 is 0 Å². The number of aryl methyl sites for hydroxylation is 1. The zero-order valence-electron chi connectivity index (χ0n) is 11.3. The number of rotatable bonds is 4. The molecule has 98 valence electrons. The highest BCUT2D eigenvalue weighted by Crippen LogP contribution is 2.30. The van der Waals surface area contributed by atoms with Crippen LogP contribution in [-0.2, 0) is 0 Å². The standard InChI is InChI=1S/C14H19ClN2S/c1-9-6-5-7-12-13(9)16-14(11(3)15)17(12)10(2)8-18-4/h5-7,10-11H,8H2,1-4H3. The van der Waals surface area contributed by atoms with Crippen LogP contribution in [0.1, 0.15) is 36.7 Å². The maximum atomic E-state index is 6.29. The highest BCUT2D eigenvalue weighted by atomic mass is 35.5. The summed E-state index contributed by atoms with van der Waals surface area (Å²) in [5.41, 5.74) is 3.48. The number of thioether (sulfide) groups is 1. The van der Waals surface area contributed by atoms with Gasteiger partial charge in [0.2, 0.25) is 0 Å². The van der Waals surface area contributed by atoms with Gasteiger partial charge in [-0.25, -0.2) is 4.98 Å². The normalized spacial score (nSPS) is 14.9. The van der Waals surface area contributed by atoms with Crippen molar-refractivity contribution in [2.24, 2.45) is 0 Å². The van der Waals surface area contributed by atoms with E-state index in [2.05, 4.69) is 42.9 Å². The lowest BCUT2D eigenvalue weighted by molar-refractivity contribution is 0.593. The highest BCUT2D eigenvalue weighted by Gasteiger charge is 2.19. The number of hydrogen-bond acceptors (Lipinski definition) is 2. The summed E-state index contributed by atoms with van der Waals surface area (Å²) in [6.45, 7) is 6.31. The van der Waals surface area contributed by atoms with Gasteiger partial charge in [0.05, 0.1) is 16.4 Å². The monoisotopic (exact) mass is 282 g/mol. The fourth-order valence-electron chi connectivity index (χ4n) is 2.33. The van der Waals surface area contributed by atoms with Gasteiger partial charge in [-0.1, -0.05) is 12.1 Å². The van der Waals surface area contributed by atoms with E-state index in [-0.39, 0.29) is 5.38 Å².